The largest absolute Gasteiger partial charge is 0.480 e. The number of carbonyl (C=O) groups is 2. The maximum absolute atomic E-state index is 14.7. The molecule has 1 aliphatic carbocycles. The maximum atomic E-state index is 14.7. The Hall–Kier alpha value is -3.50. The van der Waals surface area contributed by atoms with E-state index in [1.54, 1.807) is 12.1 Å². The van der Waals surface area contributed by atoms with Crippen LogP contribution >= 0.6 is 0 Å². The van der Waals surface area contributed by atoms with E-state index >= 15 is 0 Å². The molecular formula is C26H26FN5O4. The molecule has 0 unspecified atom stereocenters. The summed E-state index contributed by atoms with van der Waals surface area (Å²) in [6.07, 6.45) is 3.74. The summed E-state index contributed by atoms with van der Waals surface area (Å²) in [5.74, 6) is 0.127. The summed E-state index contributed by atoms with van der Waals surface area (Å²) in [6.45, 7) is 2.70. The molecule has 2 N–H and O–H groups in total. The van der Waals surface area contributed by atoms with Gasteiger partial charge in [-0.25, -0.2) is 9.37 Å². The molecule has 1 saturated carbocycles. The molecule has 3 aromatic heterocycles. The smallest absolute Gasteiger partial charge is 0.263 e. The van der Waals surface area contributed by atoms with E-state index in [0.717, 1.165) is 30.4 Å². The molecular weight excluding hydrogens is 465 g/mol. The topological polar surface area (TPSA) is 115 Å². The second kappa shape index (κ2) is 8.56. The van der Waals surface area contributed by atoms with Crippen LogP contribution in [-0.4, -0.2) is 51.0 Å². The van der Waals surface area contributed by atoms with Crippen LogP contribution in [0.2, 0.25) is 0 Å². The number of aromatic nitrogens is 3. The molecule has 2 bridgehead atoms. The fourth-order valence-electron chi connectivity index (χ4n) is 5.35. The number of halogens is 1. The Morgan fingerprint density at radius 1 is 1.17 bits per heavy atom. The van der Waals surface area contributed by atoms with Crippen LogP contribution in [0.3, 0.4) is 0 Å². The lowest BCUT2D eigenvalue weighted by molar-refractivity contribution is -0.178. The number of fused-ring (bicyclic) bond motifs is 5. The van der Waals surface area contributed by atoms with E-state index in [2.05, 4.69) is 25.6 Å². The van der Waals surface area contributed by atoms with Crippen molar-refractivity contribution in [3.8, 4) is 5.75 Å². The summed E-state index contributed by atoms with van der Waals surface area (Å²) in [6, 6.07) is 7.28. The molecule has 9 nitrogen and oxygen atoms in total. The molecule has 3 aliphatic heterocycles. The van der Waals surface area contributed by atoms with Crippen LogP contribution in [0.25, 0.3) is 11.0 Å². The van der Waals surface area contributed by atoms with Crippen LogP contribution in [-0.2, 0) is 27.3 Å². The molecule has 3 aromatic rings. The maximum Gasteiger partial charge on any atom is 0.263 e. The first-order valence-electron chi connectivity index (χ1n) is 12.1. The fraction of sp³-hybridized carbons (Fsp3) is 0.423. The molecule has 3 fully saturated rings. The van der Waals surface area contributed by atoms with E-state index < -0.39 is 11.4 Å². The van der Waals surface area contributed by atoms with Gasteiger partial charge < -0.3 is 20.1 Å². The van der Waals surface area contributed by atoms with Crippen LogP contribution in [0.5, 0.6) is 5.75 Å². The van der Waals surface area contributed by atoms with Crippen LogP contribution in [0, 0.1) is 12.7 Å². The molecule has 0 spiro atoms. The molecule has 0 aromatic carbocycles. The van der Waals surface area contributed by atoms with Gasteiger partial charge in [0.2, 0.25) is 0 Å². The van der Waals surface area contributed by atoms with E-state index in [0.29, 0.717) is 48.6 Å². The first kappa shape index (κ1) is 22.9. The number of aryl methyl sites for hydroxylation is 1. The summed E-state index contributed by atoms with van der Waals surface area (Å²) < 4.78 is 26.3. The highest BCUT2D eigenvalue weighted by atomic mass is 19.1. The summed E-state index contributed by atoms with van der Waals surface area (Å²) in [5.41, 5.74) is 1.64. The predicted molar refractivity (Wildman–Crippen MR) is 128 cm³/mol. The minimum Gasteiger partial charge on any atom is -0.480 e. The Labute approximate surface area is 206 Å². The quantitative estimate of drug-likeness (QED) is 0.541. The lowest BCUT2D eigenvalue weighted by atomic mass is 9.68. The molecule has 0 radical (unpaired) electrons. The van der Waals surface area contributed by atoms with Gasteiger partial charge in [-0.2, -0.15) is 0 Å². The van der Waals surface area contributed by atoms with Crippen LogP contribution < -0.4 is 15.4 Å². The van der Waals surface area contributed by atoms with Gasteiger partial charge in [0.25, 0.3) is 5.91 Å². The number of hydrogen-bond donors (Lipinski definition) is 2. The molecule has 6 heterocycles. The van der Waals surface area contributed by atoms with Gasteiger partial charge in [0.05, 0.1) is 29.5 Å². The highest BCUT2D eigenvalue weighted by molar-refractivity contribution is 5.94. The van der Waals surface area contributed by atoms with Crippen molar-refractivity contribution in [1.82, 2.24) is 20.3 Å². The second-order valence-corrected chi connectivity index (χ2v) is 9.91. The molecule has 1 amide bonds. The molecule has 2 saturated heterocycles. The van der Waals surface area contributed by atoms with E-state index in [4.69, 9.17) is 9.47 Å². The third-order valence-electron chi connectivity index (χ3n) is 7.57. The standard InChI is InChI=1S/C26H26FN5O4/c1-15-2-4-19-23(30-15)17(18(27)12-28-19)10-21(33)26-8-6-25(7-9-26,14-36-26)29-11-16-3-5-20-24(31-16)32-22(34)13-35-20/h2-5,12,29H,6-11,13-14H2,1H3,(H,31,32,34). The van der Waals surface area contributed by atoms with Gasteiger partial charge in [-0.1, -0.05) is 0 Å². The zero-order valence-corrected chi connectivity index (χ0v) is 19.9. The number of nitrogens with zero attached hydrogens (tertiary/aromatic N) is 3. The van der Waals surface area contributed by atoms with Crippen LogP contribution in [0.4, 0.5) is 10.2 Å². The van der Waals surface area contributed by atoms with Crippen molar-refractivity contribution in [3.05, 3.63) is 53.2 Å². The van der Waals surface area contributed by atoms with Crippen molar-refractivity contribution < 1.29 is 23.5 Å². The Kier molecular flexibility index (Phi) is 5.45. The number of pyridine rings is 3. The van der Waals surface area contributed by atoms with Crippen molar-refractivity contribution >= 4 is 28.5 Å². The number of hydrogen-bond acceptors (Lipinski definition) is 8. The van der Waals surface area contributed by atoms with Crippen molar-refractivity contribution in [1.29, 1.82) is 0 Å². The summed E-state index contributed by atoms with van der Waals surface area (Å²) in [7, 11) is 0. The zero-order valence-electron chi connectivity index (χ0n) is 19.9. The highest BCUT2D eigenvalue weighted by Crippen LogP contribution is 2.45. The molecule has 36 heavy (non-hydrogen) atoms. The van der Waals surface area contributed by atoms with Gasteiger partial charge in [-0.05, 0) is 56.9 Å². The first-order chi connectivity index (χ1) is 17.3. The summed E-state index contributed by atoms with van der Waals surface area (Å²) in [5, 5.41) is 6.30. The van der Waals surface area contributed by atoms with Gasteiger partial charge in [0.1, 0.15) is 11.4 Å². The molecule has 0 atom stereocenters. The van der Waals surface area contributed by atoms with Gasteiger partial charge in [-0.15, -0.1) is 0 Å². The number of ketones is 1. The lowest BCUT2D eigenvalue weighted by Gasteiger charge is -2.52. The third kappa shape index (κ3) is 4.00. The number of ether oxygens (including phenoxy) is 2. The number of amides is 1. The normalized spacial score (nSPS) is 24.8. The number of carbonyl (C=O) groups excluding carboxylic acids is 2. The van der Waals surface area contributed by atoms with Crippen molar-refractivity contribution in [2.45, 2.75) is 56.7 Å². The van der Waals surface area contributed by atoms with E-state index in [1.807, 2.05) is 19.1 Å². The second-order valence-electron chi connectivity index (χ2n) is 9.91. The summed E-state index contributed by atoms with van der Waals surface area (Å²) >= 11 is 0. The van der Waals surface area contributed by atoms with Gasteiger partial charge in [-0.3, -0.25) is 19.6 Å². The van der Waals surface area contributed by atoms with Crippen molar-refractivity contribution in [2.24, 2.45) is 0 Å². The minimum absolute atomic E-state index is 0.00657. The first-order valence-corrected chi connectivity index (χ1v) is 12.1. The number of Topliss-reactive ketones (excluding diaryl/α,β-unsaturated/α-hetero) is 1. The Morgan fingerprint density at radius 2 is 2.00 bits per heavy atom. The summed E-state index contributed by atoms with van der Waals surface area (Å²) in [4.78, 5) is 38.1. The average molecular weight is 492 g/mol. The number of anilines is 1. The fourth-order valence-corrected chi connectivity index (χ4v) is 5.35. The molecule has 4 aliphatic rings. The van der Waals surface area contributed by atoms with E-state index in [9.17, 15) is 14.0 Å². The predicted octanol–water partition coefficient (Wildman–Crippen LogP) is 2.79. The highest BCUT2D eigenvalue weighted by Gasteiger charge is 2.53. The Bertz CT molecular complexity index is 1360. The van der Waals surface area contributed by atoms with E-state index in [-0.39, 0.29) is 35.8 Å². The van der Waals surface area contributed by atoms with Crippen LogP contribution in [0.1, 0.15) is 42.6 Å². The number of rotatable bonds is 6. The monoisotopic (exact) mass is 491 g/mol. The average Bonchev–Trinajstić information content (AvgIpc) is 2.90. The molecule has 186 valence electrons. The van der Waals surface area contributed by atoms with Crippen molar-refractivity contribution in [2.75, 3.05) is 18.5 Å². The zero-order chi connectivity index (χ0) is 24.9. The van der Waals surface area contributed by atoms with Crippen molar-refractivity contribution in [3.63, 3.8) is 0 Å². The Balaban J connectivity index is 1.13. The van der Waals surface area contributed by atoms with Gasteiger partial charge >= 0.3 is 0 Å². The minimum atomic E-state index is -0.902. The third-order valence-corrected chi connectivity index (χ3v) is 7.57. The lowest BCUT2D eigenvalue weighted by Crippen LogP contribution is -2.64. The molecule has 10 heteroatoms. The van der Waals surface area contributed by atoms with E-state index in [1.165, 1.54) is 0 Å². The van der Waals surface area contributed by atoms with Gasteiger partial charge in [0.15, 0.2) is 24.0 Å². The SMILES string of the molecule is Cc1ccc2ncc(F)c(CC(=O)C34CCC(NCc5ccc6c(n5)NC(=O)CO6)(CC3)CO4)c2n1. The number of nitrogens with one attached hydrogen (secondary N) is 2. The Morgan fingerprint density at radius 3 is 2.78 bits per heavy atom. The molecule has 7 rings (SSSR count). The van der Waals surface area contributed by atoms with Crippen LogP contribution in [0.15, 0.2) is 30.5 Å². The van der Waals surface area contributed by atoms with Gasteiger partial charge in [0, 0.05) is 29.8 Å².